The third-order valence-electron chi connectivity index (χ3n) is 2.90. The van der Waals surface area contributed by atoms with Crippen LogP contribution in [0.25, 0.3) is 0 Å². The van der Waals surface area contributed by atoms with Gasteiger partial charge in [-0.3, -0.25) is 9.69 Å². The lowest BCUT2D eigenvalue weighted by Gasteiger charge is -2.38. The maximum Gasteiger partial charge on any atom is 0.323 e. The van der Waals surface area contributed by atoms with Crippen LogP contribution in [0.5, 0.6) is 0 Å². The number of rotatable bonds is 3. The van der Waals surface area contributed by atoms with E-state index in [9.17, 15) is 4.79 Å². The fourth-order valence-electron chi connectivity index (χ4n) is 1.93. The van der Waals surface area contributed by atoms with E-state index in [2.05, 4.69) is 28.5 Å². The normalized spacial score (nSPS) is 26.3. The number of methoxy groups -OCH3 is 1. The summed E-state index contributed by atoms with van der Waals surface area (Å²) in [7, 11) is 3.48. The Morgan fingerprint density at radius 2 is 2.27 bits per heavy atom. The van der Waals surface area contributed by atoms with Gasteiger partial charge in [0.25, 0.3) is 0 Å². The topological polar surface area (TPSA) is 58.8 Å². The first kappa shape index (κ1) is 12.4. The average molecular weight is 215 g/mol. The summed E-state index contributed by atoms with van der Waals surface area (Å²) in [5.74, 6) is -0.332. The number of hydrogen-bond donors (Lipinski definition) is 1. The van der Waals surface area contributed by atoms with Crippen molar-refractivity contribution in [3.05, 3.63) is 0 Å². The first-order valence-corrected chi connectivity index (χ1v) is 5.30. The van der Waals surface area contributed by atoms with Gasteiger partial charge in [0.15, 0.2) is 0 Å². The van der Waals surface area contributed by atoms with E-state index in [1.165, 1.54) is 7.11 Å². The van der Waals surface area contributed by atoms with Gasteiger partial charge >= 0.3 is 5.97 Å². The molecule has 0 radical (unpaired) electrons. The first-order chi connectivity index (χ1) is 7.04. The third-order valence-corrected chi connectivity index (χ3v) is 2.90. The summed E-state index contributed by atoms with van der Waals surface area (Å²) >= 11 is 0. The summed E-state index contributed by atoms with van der Waals surface area (Å²) in [5.41, 5.74) is 5.73. The predicted octanol–water partition coefficient (Wildman–Crippen LogP) is -0.877. The molecule has 0 aromatic heterocycles. The Hall–Kier alpha value is -0.650. The summed E-state index contributed by atoms with van der Waals surface area (Å²) in [6, 6.07) is -0.0830. The Balaban J connectivity index is 2.41. The number of piperazine rings is 1. The molecule has 1 aliphatic heterocycles. The van der Waals surface area contributed by atoms with Crippen LogP contribution < -0.4 is 5.73 Å². The molecule has 0 bridgehead atoms. The maximum absolute atomic E-state index is 11.2. The molecule has 15 heavy (non-hydrogen) atoms. The third kappa shape index (κ3) is 3.44. The lowest BCUT2D eigenvalue weighted by molar-refractivity contribution is -0.142. The molecule has 0 aromatic carbocycles. The number of esters is 1. The minimum Gasteiger partial charge on any atom is -0.468 e. The molecular formula is C10H21N3O2. The van der Waals surface area contributed by atoms with Crippen LogP contribution in [0, 0.1) is 0 Å². The van der Waals surface area contributed by atoms with Crippen molar-refractivity contribution >= 4 is 5.97 Å². The summed E-state index contributed by atoms with van der Waals surface area (Å²) in [6.07, 6.45) is 0. The minimum atomic E-state index is -0.527. The molecule has 1 aliphatic rings. The van der Waals surface area contributed by atoms with Crippen LogP contribution in [0.4, 0.5) is 0 Å². The van der Waals surface area contributed by atoms with E-state index in [4.69, 9.17) is 5.73 Å². The van der Waals surface area contributed by atoms with Gasteiger partial charge in [-0.25, -0.2) is 0 Å². The molecule has 0 spiro atoms. The van der Waals surface area contributed by atoms with E-state index in [0.717, 1.165) is 19.6 Å². The van der Waals surface area contributed by atoms with Crippen molar-refractivity contribution in [2.45, 2.75) is 19.0 Å². The van der Waals surface area contributed by atoms with E-state index in [1.54, 1.807) is 0 Å². The lowest BCUT2D eigenvalue weighted by Crippen LogP contribution is -2.55. The summed E-state index contributed by atoms with van der Waals surface area (Å²) in [6.45, 7) is 5.75. The predicted molar refractivity (Wildman–Crippen MR) is 58.5 cm³/mol. The summed E-state index contributed by atoms with van der Waals surface area (Å²) in [5, 5.41) is 0. The second kappa shape index (κ2) is 5.44. The van der Waals surface area contributed by atoms with Crippen LogP contribution >= 0.6 is 0 Å². The number of likely N-dealkylation sites (N-methyl/N-ethyl adjacent to an activating group) is 1. The molecule has 2 atom stereocenters. The van der Waals surface area contributed by atoms with Gasteiger partial charge in [0, 0.05) is 32.2 Å². The molecule has 0 aromatic rings. The van der Waals surface area contributed by atoms with E-state index in [-0.39, 0.29) is 5.97 Å². The highest BCUT2D eigenvalue weighted by molar-refractivity contribution is 5.75. The number of carbonyl (C=O) groups is 1. The molecule has 0 saturated carbocycles. The van der Waals surface area contributed by atoms with Crippen LogP contribution in [0.15, 0.2) is 0 Å². The fraction of sp³-hybridized carbons (Fsp3) is 0.900. The minimum absolute atomic E-state index is 0.332. The number of ether oxygens (including phenoxy) is 1. The van der Waals surface area contributed by atoms with Gasteiger partial charge in [-0.2, -0.15) is 0 Å². The van der Waals surface area contributed by atoms with Gasteiger partial charge in [0.1, 0.15) is 6.04 Å². The first-order valence-electron chi connectivity index (χ1n) is 5.30. The molecule has 1 rings (SSSR count). The van der Waals surface area contributed by atoms with Gasteiger partial charge in [-0.15, -0.1) is 0 Å². The molecule has 1 saturated heterocycles. The average Bonchev–Trinajstić information content (AvgIpc) is 2.20. The Labute approximate surface area is 91.2 Å². The Bertz CT molecular complexity index is 223. The number of carbonyl (C=O) groups excluding carboxylic acids is 1. The van der Waals surface area contributed by atoms with Gasteiger partial charge in [0.05, 0.1) is 7.11 Å². The zero-order valence-corrected chi connectivity index (χ0v) is 9.77. The van der Waals surface area contributed by atoms with Crippen molar-refractivity contribution in [1.29, 1.82) is 0 Å². The highest BCUT2D eigenvalue weighted by atomic mass is 16.5. The molecule has 1 fully saturated rings. The molecule has 1 heterocycles. The molecule has 0 amide bonds. The fourth-order valence-corrected chi connectivity index (χ4v) is 1.93. The van der Waals surface area contributed by atoms with E-state index >= 15 is 0 Å². The number of hydrogen-bond acceptors (Lipinski definition) is 5. The van der Waals surface area contributed by atoms with Gasteiger partial charge in [-0.1, -0.05) is 0 Å². The monoisotopic (exact) mass is 215 g/mol. The highest BCUT2D eigenvalue weighted by Crippen LogP contribution is 2.08. The number of nitrogens with two attached hydrogens (primary N) is 1. The van der Waals surface area contributed by atoms with Gasteiger partial charge in [-0.05, 0) is 14.0 Å². The summed E-state index contributed by atoms with van der Waals surface area (Å²) < 4.78 is 4.61. The van der Waals surface area contributed by atoms with E-state index < -0.39 is 6.04 Å². The second-order valence-corrected chi connectivity index (χ2v) is 4.24. The largest absolute Gasteiger partial charge is 0.468 e. The molecule has 5 nitrogen and oxygen atoms in total. The molecule has 2 unspecified atom stereocenters. The van der Waals surface area contributed by atoms with Crippen LogP contribution in [-0.2, 0) is 9.53 Å². The van der Waals surface area contributed by atoms with Gasteiger partial charge in [0.2, 0.25) is 0 Å². The standard InChI is InChI=1S/C10H21N3O2/c1-8-6-12(2)4-5-13(8)7-9(11)10(14)15-3/h8-9H,4-7,11H2,1-3H3. The van der Waals surface area contributed by atoms with Crippen LogP contribution in [0.3, 0.4) is 0 Å². The maximum atomic E-state index is 11.2. The molecule has 88 valence electrons. The van der Waals surface area contributed by atoms with Crippen molar-refractivity contribution in [2.75, 3.05) is 40.3 Å². The number of nitrogens with zero attached hydrogens (tertiary/aromatic N) is 2. The molecule has 2 N–H and O–H groups in total. The van der Waals surface area contributed by atoms with Crippen LogP contribution in [0.1, 0.15) is 6.92 Å². The SMILES string of the molecule is COC(=O)C(N)CN1CCN(C)CC1C. The zero-order valence-electron chi connectivity index (χ0n) is 9.77. The van der Waals surface area contributed by atoms with Crippen molar-refractivity contribution < 1.29 is 9.53 Å². The second-order valence-electron chi connectivity index (χ2n) is 4.24. The van der Waals surface area contributed by atoms with Crippen molar-refractivity contribution in [2.24, 2.45) is 5.73 Å². The molecule has 0 aliphatic carbocycles. The van der Waals surface area contributed by atoms with Crippen LogP contribution in [-0.4, -0.2) is 68.2 Å². The van der Waals surface area contributed by atoms with E-state index in [0.29, 0.717) is 12.6 Å². The lowest BCUT2D eigenvalue weighted by atomic mass is 10.1. The Kier molecular flexibility index (Phi) is 4.50. The Morgan fingerprint density at radius 3 is 2.80 bits per heavy atom. The summed E-state index contributed by atoms with van der Waals surface area (Å²) in [4.78, 5) is 15.7. The van der Waals surface area contributed by atoms with Crippen molar-refractivity contribution in [3.63, 3.8) is 0 Å². The highest BCUT2D eigenvalue weighted by Gasteiger charge is 2.25. The smallest absolute Gasteiger partial charge is 0.323 e. The van der Waals surface area contributed by atoms with E-state index in [1.807, 2.05) is 0 Å². The van der Waals surface area contributed by atoms with Crippen LogP contribution in [0.2, 0.25) is 0 Å². The molecular weight excluding hydrogens is 194 g/mol. The zero-order chi connectivity index (χ0) is 11.4. The van der Waals surface area contributed by atoms with Crippen molar-refractivity contribution in [1.82, 2.24) is 9.80 Å². The Morgan fingerprint density at radius 1 is 1.60 bits per heavy atom. The molecule has 5 heteroatoms. The quantitative estimate of drug-likeness (QED) is 0.620. The van der Waals surface area contributed by atoms with Gasteiger partial charge < -0.3 is 15.4 Å². The van der Waals surface area contributed by atoms with Crippen molar-refractivity contribution in [3.8, 4) is 0 Å².